The number of piperidine rings is 1. The molecule has 1 amide bonds. The third-order valence-corrected chi connectivity index (χ3v) is 5.59. The third-order valence-electron chi connectivity index (χ3n) is 5.06. The van der Waals surface area contributed by atoms with Crippen LogP contribution in [0.15, 0.2) is 28.7 Å². The number of aliphatic carboxylic acids is 1. The maximum absolute atomic E-state index is 12.4. The first-order chi connectivity index (χ1) is 10.6. The summed E-state index contributed by atoms with van der Waals surface area (Å²) in [7, 11) is 0. The van der Waals surface area contributed by atoms with Crippen LogP contribution in [-0.4, -0.2) is 35.0 Å². The number of rotatable bonds is 3. The topological polar surface area (TPSA) is 57.6 Å². The molecule has 22 heavy (non-hydrogen) atoms. The molecule has 1 N–H and O–H groups in total. The minimum atomic E-state index is -0.825. The Kier molecular flexibility index (Phi) is 4.52. The predicted molar refractivity (Wildman–Crippen MR) is 86.5 cm³/mol. The standard InChI is InChI=1S/C17H20BrNO3/c18-13-3-1-11(2-4-13)12-7-9-19(10-8-12)16(20)14-5-6-15(14)17(21)22/h1-4,12,14-15H,5-10H2,(H,21,22). The second-order valence-electron chi connectivity index (χ2n) is 6.28. The van der Waals surface area contributed by atoms with Gasteiger partial charge in [-0.05, 0) is 49.3 Å². The number of likely N-dealkylation sites (tertiary alicyclic amines) is 1. The maximum atomic E-state index is 12.4. The molecular formula is C17H20BrNO3. The Morgan fingerprint density at radius 2 is 1.59 bits per heavy atom. The van der Waals surface area contributed by atoms with E-state index in [4.69, 9.17) is 5.11 Å². The van der Waals surface area contributed by atoms with Gasteiger partial charge in [-0.15, -0.1) is 0 Å². The molecule has 1 heterocycles. The number of hydrogen-bond acceptors (Lipinski definition) is 2. The summed E-state index contributed by atoms with van der Waals surface area (Å²) >= 11 is 3.44. The number of nitrogens with zero attached hydrogens (tertiary/aromatic N) is 1. The van der Waals surface area contributed by atoms with Crippen molar-refractivity contribution in [1.82, 2.24) is 4.90 Å². The van der Waals surface area contributed by atoms with Crippen LogP contribution in [-0.2, 0) is 9.59 Å². The van der Waals surface area contributed by atoms with Crippen molar-refractivity contribution in [2.24, 2.45) is 11.8 Å². The Hall–Kier alpha value is -1.36. The highest BCUT2D eigenvalue weighted by Gasteiger charge is 2.43. The molecule has 1 saturated heterocycles. The molecule has 2 atom stereocenters. The van der Waals surface area contributed by atoms with E-state index in [1.54, 1.807) is 0 Å². The fourth-order valence-electron chi connectivity index (χ4n) is 3.49. The number of carboxylic acids is 1. The van der Waals surface area contributed by atoms with Crippen molar-refractivity contribution in [2.75, 3.05) is 13.1 Å². The molecule has 2 aliphatic rings. The molecule has 3 rings (SSSR count). The fourth-order valence-corrected chi connectivity index (χ4v) is 3.76. The highest BCUT2D eigenvalue weighted by molar-refractivity contribution is 9.10. The van der Waals surface area contributed by atoms with Crippen molar-refractivity contribution in [3.63, 3.8) is 0 Å². The quantitative estimate of drug-likeness (QED) is 0.893. The van der Waals surface area contributed by atoms with Crippen LogP contribution < -0.4 is 0 Å². The minimum Gasteiger partial charge on any atom is -0.481 e. The molecule has 1 aromatic rings. The number of benzene rings is 1. The van der Waals surface area contributed by atoms with Gasteiger partial charge in [0.05, 0.1) is 11.8 Å². The van der Waals surface area contributed by atoms with Gasteiger partial charge >= 0.3 is 5.97 Å². The van der Waals surface area contributed by atoms with Crippen molar-refractivity contribution < 1.29 is 14.7 Å². The van der Waals surface area contributed by atoms with E-state index in [0.29, 0.717) is 12.3 Å². The maximum Gasteiger partial charge on any atom is 0.307 e. The zero-order chi connectivity index (χ0) is 15.7. The van der Waals surface area contributed by atoms with Crippen molar-refractivity contribution in [3.05, 3.63) is 34.3 Å². The molecule has 4 nitrogen and oxygen atoms in total. The van der Waals surface area contributed by atoms with Crippen LogP contribution in [0.4, 0.5) is 0 Å². The van der Waals surface area contributed by atoms with E-state index in [2.05, 4.69) is 40.2 Å². The fraction of sp³-hybridized carbons (Fsp3) is 0.529. The van der Waals surface area contributed by atoms with Gasteiger partial charge in [0.1, 0.15) is 0 Å². The lowest BCUT2D eigenvalue weighted by atomic mass is 9.72. The zero-order valence-electron chi connectivity index (χ0n) is 12.4. The van der Waals surface area contributed by atoms with Gasteiger partial charge in [0.2, 0.25) is 5.91 Å². The van der Waals surface area contributed by atoms with Gasteiger partial charge in [-0.25, -0.2) is 0 Å². The first-order valence-electron chi connectivity index (χ1n) is 7.83. The SMILES string of the molecule is O=C(O)C1CCC1C(=O)N1CCC(c2ccc(Br)cc2)CC1. The van der Waals surface area contributed by atoms with Gasteiger partial charge in [0.15, 0.2) is 0 Å². The highest BCUT2D eigenvalue weighted by Crippen LogP contribution is 2.37. The largest absolute Gasteiger partial charge is 0.481 e. The van der Waals surface area contributed by atoms with E-state index in [1.165, 1.54) is 5.56 Å². The first-order valence-corrected chi connectivity index (χ1v) is 8.62. The first kappa shape index (κ1) is 15.5. The smallest absolute Gasteiger partial charge is 0.307 e. The third kappa shape index (κ3) is 3.05. The van der Waals surface area contributed by atoms with Gasteiger partial charge in [-0.3, -0.25) is 9.59 Å². The summed E-state index contributed by atoms with van der Waals surface area (Å²) < 4.78 is 1.08. The molecular weight excluding hydrogens is 346 g/mol. The van der Waals surface area contributed by atoms with E-state index in [1.807, 2.05) is 4.90 Å². The number of carboxylic acid groups (broad SMARTS) is 1. The van der Waals surface area contributed by atoms with Gasteiger partial charge < -0.3 is 10.0 Å². The summed E-state index contributed by atoms with van der Waals surface area (Å²) in [4.78, 5) is 25.4. The van der Waals surface area contributed by atoms with Crippen molar-refractivity contribution in [2.45, 2.75) is 31.6 Å². The Morgan fingerprint density at radius 3 is 2.09 bits per heavy atom. The summed E-state index contributed by atoms with van der Waals surface area (Å²) in [5.74, 6) is -1.03. The van der Waals surface area contributed by atoms with Crippen molar-refractivity contribution >= 4 is 27.8 Å². The minimum absolute atomic E-state index is 0.0490. The molecule has 1 aromatic carbocycles. The molecule has 5 heteroatoms. The lowest BCUT2D eigenvalue weighted by Crippen LogP contribution is -2.48. The van der Waals surface area contributed by atoms with Gasteiger partial charge in [-0.1, -0.05) is 28.1 Å². The second-order valence-corrected chi connectivity index (χ2v) is 7.20. The highest BCUT2D eigenvalue weighted by atomic mass is 79.9. The molecule has 0 aromatic heterocycles. The number of carbonyl (C=O) groups is 2. The molecule has 1 aliphatic heterocycles. The second kappa shape index (κ2) is 6.41. The van der Waals surface area contributed by atoms with E-state index in [0.717, 1.165) is 36.8 Å². The average molecular weight is 366 g/mol. The summed E-state index contributed by atoms with van der Waals surface area (Å²) in [5.41, 5.74) is 1.32. The van der Waals surface area contributed by atoms with E-state index in [-0.39, 0.29) is 11.8 Å². The molecule has 2 unspecified atom stereocenters. The Balaban J connectivity index is 1.56. The molecule has 0 radical (unpaired) electrons. The molecule has 1 saturated carbocycles. The molecule has 118 valence electrons. The monoisotopic (exact) mass is 365 g/mol. The van der Waals surface area contributed by atoms with Crippen molar-refractivity contribution in [1.29, 1.82) is 0 Å². The molecule has 2 fully saturated rings. The van der Waals surface area contributed by atoms with Crippen LogP contribution in [0.1, 0.15) is 37.2 Å². The molecule has 0 bridgehead atoms. The number of hydrogen-bond donors (Lipinski definition) is 1. The van der Waals surface area contributed by atoms with Crippen LogP contribution in [0.2, 0.25) is 0 Å². The van der Waals surface area contributed by atoms with Gasteiger partial charge in [-0.2, -0.15) is 0 Å². The van der Waals surface area contributed by atoms with Crippen molar-refractivity contribution in [3.8, 4) is 0 Å². The normalized spacial score (nSPS) is 25.6. The number of amides is 1. The summed E-state index contributed by atoms with van der Waals surface area (Å²) in [5, 5.41) is 9.09. The Labute approximate surface area is 138 Å². The summed E-state index contributed by atoms with van der Waals surface area (Å²) in [6.07, 6.45) is 3.28. The van der Waals surface area contributed by atoms with Crippen LogP contribution in [0.3, 0.4) is 0 Å². The van der Waals surface area contributed by atoms with E-state index >= 15 is 0 Å². The van der Waals surface area contributed by atoms with Crippen LogP contribution in [0, 0.1) is 11.8 Å². The van der Waals surface area contributed by atoms with Gasteiger partial charge in [0.25, 0.3) is 0 Å². The number of halogens is 1. The van der Waals surface area contributed by atoms with Gasteiger partial charge in [0, 0.05) is 17.6 Å². The predicted octanol–water partition coefficient (Wildman–Crippen LogP) is 3.27. The Morgan fingerprint density at radius 1 is 1.00 bits per heavy atom. The van der Waals surface area contributed by atoms with Crippen LogP contribution >= 0.6 is 15.9 Å². The average Bonchev–Trinajstić information content (AvgIpc) is 2.46. The summed E-state index contributed by atoms with van der Waals surface area (Å²) in [6, 6.07) is 8.38. The number of carbonyl (C=O) groups excluding carboxylic acids is 1. The Bertz CT molecular complexity index is 564. The summed E-state index contributed by atoms with van der Waals surface area (Å²) in [6.45, 7) is 1.48. The van der Waals surface area contributed by atoms with Crippen LogP contribution in [0.5, 0.6) is 0 Å². The molecule has 1 aliphatic carbocycles. The van der Waals surface area contributed by atoms with Crippen LogP contribution in [0.25, 0.3) is 0 Å². The molecule has 0 spiro atoms. The zero-order valence-corrected chi connectivity index (χ0v) is 14.0. The van der Waals surface area contributed by atoms with E-state index < -0.39 is 11.9 Å². The van der Waals surface area contributed by atoms with E-state index in [9.17, 15) is 9.59 Å². The lowest BCUT2D eigenvalue weighted by Gasteiger charge is -2.39. The lowest BCUT2D eigenvalue weighted by molar-refractivity contribution is -0.157.